The Bertz CT molecular complexity index is 1050. The highest BCUT2D eigenvalue weighted by Crippen LogP contribution is 2.30. The molecule has 2 aromatic carbocycles. The molecule has 1 aromatic heterocycles. The predicted molar refractivity (Wildman–Crippen MR) is 107 cm³/mol. The third-order valence-electron chi connectivity index (χ3n) is 5.34. The van der Waals surface area contributed by atoms with E-state index in [1.165, 1.54) is 24.1 Å². The summed E-state index contributed by atoms with van der Waals surface area (Å²) in [6.45, 7) is 1.91. The van der Waals surface area contributed by atoms with E-state index in [1.54, 1.807) is 19.2 Å². The summed E-state index contributed by atoms with van der Waals surface area (Å²) in [6, 6.07) is 11.1. The van der Waals surface area contributed by atoms with Crippen LogP contribution in [0.1, 0.15) is 50.4 Å². The SMILES string of the molecule is CNC(=O)c1ccc(C)c(NC(=O)c2ccc3[nH]c4c(c3c2)CCCC4)c1. The van der Waals surface area contributed by atoms with Crippen LogP contribution in [0.5, 0.6) is 0 Å². The van der Waals surface area contributed by atoms with E-state index in [2.05, 4.69) is 15.6 Å². The molecule has 5 heteroatoms. The number of rotatable bonds is 3. The Morgan fingerprint density at radius 2 is 1.70 bits per heavy atom. The summed E-state index contributed by atoms with van der Waals surface area (Å²) in [7, 11) is 1.59. The smallest absolute Gasteiger partial charge is 0.255 e. The van der Waals surface area contributed by atoms with Gasteiger partial charge in [0.15, 0.2) is 0 Å². The number of anilines is 1. The van der Waals surface area contributed by atoms with Crippen LogP contribution in [-0.2, 0) is 12.8 Å². The first-order valence-corrected chi connectivity index (χ1v) is 9.34. The molecule has 138 valence electrons. The Balaban J connectivity index is 1.64. The summed E-state index contributed by atoms with van der Waals surface area (Å²) in [5.74, 6) is -0.342. The molecular formula is C22H23N3O2. The summed E-state index contributed by atoms with van der Waals surface area (Å²) in [6.07, 6.45) is 4.56. The number of aryl methyl sites for hydroxylation is 3. The Kier molecular flexibility index (Phi) is 4.44. The molecule has 0 bridgehead atoms. The van der Waals surface area contributed by atoms with E-state index < -0.39 is 0 Å². The number of fused-ring (bicyclic) bond motifs is 3. The number of hydrogen-bond acceptors (Lipinski definition) is 2. The molecule has 0 radical (unpaired) electrons. The van der Waals surface area contributed by atoms with Gasteiger partial charge in [-0.2, -0.15) is 0 Å². The maximum absolute atomic E-state index is 12.8. The van der Waals surface area contributed by atoms with Crippen molar-refractivity contribution < 1.29 is 9.59 Å². The molecule has 1 aliphatic carbocycles. The van der Waals surface area contributed by atoms with E-state index >= 15 is 0 Å². The van der Waals surface area contributed by atoms with Gasteiger partial charge in [0.05, 0.1) is 0 Å². The lowest BCUT2D eigenvalue weighted by Gasteiger charge is -2.12. The van der Waals surface area contributed by atoms with Crippen molar-refractivity contribution in [3.05, 3.63) is 64.3 Å². The van der Waals surface area contributed by atoms with Crippen LogP contribution in [0.3, 0.4) is 0 Å². The molecule has 0 spiro atoms. The van der Waals surface area contributed by atoms with E-state index in [9.17, 15) is 9.59 Å². The molecule has 3 N–H and O–H groups in total. The maximum Gasteiger partial charge on any atom is 0.255 e. The van der Waals surface area contributed by atoms with Crippen molar-refractivity contribution >= 4 is 28.4 Å². The summed E-state index contributed by atoms with van der Waals surface area (Å²) in [5.41, 5.74) is 6.46. The zero-order valence-electron chi connectivity index (χ0n) is 15.6. The minimum Gasteiger partial charge on any atom is -0.358 e. The normalized spacial score (nSPS) is 13.3. The zero-order valence-corrected chi connectivity index (χ0v) is 15.6. The topological polar surface area (TPSA) is 74.0 Å². The number of benzene rings is 2. The molecule has 4 rings (SSSR count). The molecule has 0 atom stereocenters. The average Bonchev–Trinajstić information content (AvgIpc) is 3.06. The third kappa shape index (κ3) is 3.21. The molecule has 3 aromatic rings. The highest BCUT2D eigenvalue weighted by atomic mass is 16.2. The largest absolute Gasteiger partial charge is 0.358 e. The van der Waals surface area contributed by atoms with Gasteiger partial charge < -0.3 is 15.6 Å². The van der Waals surface area contributed by atoms with Gasteiger partial charge in [-0.25, -0.2) is 0 Å². The molecule has 0 saturated heterocycles. The Morgan fingerprint density at radius 3 is 2.52 bits per heavy atom. The molecule has 5 nitrogen and oxygen atoms in total. The van der Waals surface area contributed by atoms with Gasteiger partial charge >= 0.3 is 0 Å². The lowest BCUT2D eigenvalue weighted by molar-refractivity contribution is 0.0961. The number of amides is 2. The van der Waals surface area contributed by atoms with Gasteiger partial charge in [0.1, 0.15) is 0 Å². The summed E-state index contributed by atoms with van der Waals surface area (Å²) in [4.78, 5) is 28.2. The van der Waals surface area contributed by atoms with E-state index in [4.69, 9.17) is 0 Å². The van der Waals surface area contributed by atoms with E-state index in [0.29, 0.717) is 16.8 Å². The molecule has 0 aliphatic heterocycles. The fourth-order valence-corrected chi connectivity index (χ4v) is 3.78. The standard InChI is InChI=1S/C22H23N3O2/c1-13-7-8-15(21(26)23-2)12-20(13)25-22(27)14-9-10-19-17(11-14)16-5-3-4-6-18(16)24-19/h7-12,24H,3-6H2,1-2H3,(H,23,26)(H,25,27). The average molecular weight is 361 g/mol. The van der Waals surface area contributed by atoms with Crippen LogP contribution in [0.15, 0.2) is 36.4 Å². The van der Waals surface area contributed by atoms with Crippen LogP contribution in [0.4, 0.5) is 5.69 Å². The van der Waals surface area contributed by atoms with Crippen molar-refractivity contribution in [2.45, 2.75) is 32.6 Å². The number of carbonyl (C=O) groups excluding carboxylic acids is 2. The Hall–Kier alpha value is -3.08. The van der Waals surface area contributed by atoms with Crippen molar-refractivity contribution in [2.75, 3.05) is 12.4 Å². The van der Waals surface area contributed by atoms with Gasteiger partial charge in [0.25, 0.3) is 11.8 Å². The number of H-pyrrole nitrogens is 1. The third-order valence-corrected chi connectivity index (χ3v) is 5.34. The first-order chi connectivity index (χ1) is 13.1. The Labute approximate surface area is 158 Å². The number of aromatic amines is 1. The van der Waals surface area contributed by atoms with Crippen molar-refractivity contribution in [3.63, 3.8) is 0 Å². The van der Waals surface area contributed by atoms with Crippen LogP contribution in [0.2, 0.25) is 0 Å². The van der Waals surface area contributed by atoms with Crippen LogP contribution < -0.4 is 10.6 Å². The zero-order chi connectivity index (χ0) is 19.0. The summed E-state index contributed by atoms with van der Waals surface area (Å²) < 4.78 is 0. The van der Waals surface area contributed by atoms with Gasteiger partial charge in [0, 0.05) is 40.5 Å². The first-order valence-electron chi connectivity index (χ1n) is 9.34. The summed E-state index contributed by atoms with van der Waals surface area (Å²) in [5, 5.41) is 6.70. The van der Waals surface area contributed by atoms with Gasteiger partial charge in [-0.1, -0.05) is 6.07 Å². The Morgan fingerprint density at radius 1 is 0.963 bits per heavy atom. The van der Waals surface area contributed by atoms with Crippen LogP contribution in [-0.4, -0.2) is 23.8 Å². The lowest BCUT2D eigenvalue weighted by Crippen LogP contribution is -2.19. The number of nitrogens with one attached hydrogen (secondary N) is 3. The highest BCUT2D eigenvalue weighted by Gasteiger charge is 2.17. The van der Waals surface area contributed by atoms with Crippen LogP contribution in [0.25, 0.3) is 10.9 Å². The lowest BCUT2D eigenvalue weighted by atomic mass is 9.95. The monoisotopic (exact) mass is 361 g/mol. The quantitative estimate of drug-likeness (QED) is 0.660. The minimum absolute atomic E-state index is 0.167. The van der Waals surface area contributed by atoms with E-state index in [1.807, 2.05) is 31.2 Å². The fraction of sp³-hybridized carbons (Fsp3) is 0.273. The van der Waals surface area contributed by atoms with Gasteiger partial charge in [0.2, 0.25) is 0 Å². The molecule has 27 heavy (non-hydrogen) atoms. The number of carbonyl (C=O) groups is 2. The maximum atomic E-state index is 12.8. The van der Waals surface area contributed by atoms with Crippen molar-refractivity contribution in [1.82, 2.24) is 10.3 Å². The first kappa shape index (κ1) is 17.3. The van der Waals surface area contributed by atoms with Gasteiger partial charge in [-0.05, 0) is 74.1 Å². The second-order valence-electron chi connectivity index (χ2n) is 7.11. The van der Waals surface area contributed by atoms with E-state index in [-0.39, 0.29) is 11.8 Å². The van der Waals surface area contributed by atoms with Crippen molar-refractivity contribution in [1.29, 1.82) is 0 Å². The van der Waals surface area contributed by atoms with E-state index in [0.717, 1.165) is 29.3 Å². The van der Waals surface area contributed by atoms with Gasteiger partial charge in [-0.15, -0.1) is 0 Å². The molecule has 0 unspecified atom stereocenters. The van der Waals surface area contributed by atoms with Crippen molar-refractivity contribution in [3.8, 4) is 0 Å². The molecular weight excluding hydrogens is 338 g/mol. The molecule has 0 saturated carbocycles. The van der Waals surface area contributed by atoms with Crippen molar-refractivity contribution in [2.24, 2.45) is 0 Å². The number of aromatic nitrogens is 1. The van der Waals surface area contributed by atoms with Gasteiger partial charge in [-0.3, -0.25) is 9.59 Å². The molecule has 1 heterocycles. The predicted octanol–water partition coefficient (Wildman–Crippen LogP) is 3.97. The second-order valence-corrected chi connectivity index (χ2v) is 7.11. The fourth-order valence-electron chi connectivity index (χ4n) is 3.78. The van der Waals surface area contributed by atoms with Crippen LogP contribution >= 0.6 is 0 Å². The summed E-state index contributed by atoms with van der Waals surface area (Å²) >= 11 is 0. The minimum atomic E-state index is -0.175. The highest BCUT2D eigenvalue weighted by molar-refractivity contribution is 6.07. The molecule has 0 fully saturated rings. The second kappa shape index (κ2) is 6.91. The molecule has 2 amide bonds. The molecule has 1 aliphatic rings. The van der Waals surface area contributed by atoms with Crippen LogP contribution in [0, 0.1) is 6.92 Å². The number of hydrogen-bond donors (Lipinski definition) is 3.